The van der Waals surface area contributed by atoms with Gasteiger partial charge in [-0.05, 0) is 12.7 Å². The number of carbonyl (C=O) groups is 1. The molecule has 0 radical (unpaired) electrons. The molecule has 0 aromatic carbocycles. The van der Waals surface area contributed by atoms with Crippen molar-refractivity contribution in [2.45, 2.75) is 24.8 Å². The van der Waals surface area contributed by atoms with Gasteiger partial charge in [0, 0.05) is 12.7 Å². The van der Waals surface area contributed by atoms with Crippen molar-refractivity contribution in [1.82, 2.24) is 10.6 Å². The van der Waals surface area contributed by atoms with Gasteiger partial charge in [-0.3, -0.25) is 0 Å². The Labute approximate surface area is 99.4 Å². The highest BCUT2D eigenvalue weighted by atomic mass is 32.2. The van der Waals surface area contributed by atoms with E-state index in [1.165, 1.54) is 0 Å². The van der Waals surface area contributed by atoms with Gasteiger partial charge in [0.05, 0.1) is 11.9 Å². The number of unbranched alkanes of at least 4 members (excludes halogenated alkanes) is 1. The number of nitrogens with one attached hydrogen (secondary N) is 2. The summed E-state index contributed by atoms with van der Waals surface area (Å²) in [6, 6.07) is 0. The number of hydrogen-bond acceptors (Lipinski definition) is 5. The second-order valence-electron chi connectivity index (χ2n) is 3.44. The van der Waals surface area contributed by atoms with Gasteiger partial charge in [0.15, 0.2) is 0 Å². The van der Waals surface area contributed by atoms with Gasteiger partial charge in [-0.25, -0.2) is 9.79 Å². The summed E-state index contributed by atoms with van der Waals surface area (Å²) >= 11 is 1.15. The Hall–Kier alpha value is -1.17. The fraction of sp³-hybridized carbons (Fsp3) is 0.600. The summed E-state index contributed by atoms with van der Waals surface area (Å²) in [5, 5.41) is 15.0. The minimum Gasteiger partial charge on any atom is -0.477 e. The van der Waals surface area contributed by atoms with Crippen molar-refractivity contribution >= 4 is 23.9 Å². The zero-order valence-electron chi connectivity index (χ0n) is 9.49. The van der Waals surface area contributed by atoms with E-state index in [0.717, 1.165) is 36.8 Å². The van der Waals surface area contributed by atoms with Gasteiger partial charge in [-0.2, -0.15) is 0 Å². The predicted octanol–water partition coefficient (Wildman–Crippen LogP) is 0.993. The van der Waals surface area contributed by atoms with Crippen LogP contribution in [0.5, 0.6) is 0 Å². The van der Waals surface area contributed by atoms with Gasteiger partial charge in [0.25, 0.3) is 4.99 Å². The first-order valence-corrected chi connectivity index (χ1v) is 6.42. The van der Waals surface area contributed by atoms with Crippen molar-refractivity contribution in [3.8, 4) is 0 Å². The summed E-state index contributed by atoms with van der Waals surface area (Å²) in [5.74, 6) is -0.986. The van der Waals surface area contributed by atoms with Crippen molar-refractivity contribution in [3.05, 3.63) is 11.9 Å². The second-order valence-corrected chi connectivity index (χ2v) is 4.43. The summed E-state index contributed by atoms with van der Waals surface area (Å²) in [7, 11) is 0. The zero-order valence-corrected chi connectivity index (χ0v) is 10.3. The van der Waals surface area contributed by atoms with Crippen LogP contribution in [0.2, 0.25) is 0 Å². The number of carboxylic acids is 1. The molecule has 0 aliphatic carbocycles. The van der Waals surface area contributed by atoms with Crippen LogP contribution in [-0.4, -0.2) is 35.1 Å². The van der Waals surface area contributed by atoms with E-state index in [1.807, 2.05) is 0 Å². The van der Waals surface area contributed by atoms with Crippen LogP contribution in [0.25, 0.3) is 0 Å². The highest BCUT2D eigenvalue weighted by molar-refractivity contribution is 8.00. The van der Waals surface area contributed by atoms with Crippen LogP contribution in [0.4, 0.5) is 0 Å². The maximum Gasteiger partial charge on any atom is 0.363 e. The third kappa shape index (κ3) is 2.91. The molecule has 1 unspecified atom stereocenters. The summed E-state index contributed by atoms with van der Waals surface area (Å²) in [4.78, 5) is 13.8. The lowest BCUT2D eigenvalue weighted by Crippen LogP contribution is -2.47. The zero-order chi connectivity index (χ0) is 12.0. The largest absolute Gasteiger partial charge is 0.477 e. The molecule has 1 rings (SSSR count). The number of hydrogen-bond donors (Lipinski definition) is 3. The maximum atomic E-state index is 11.0. The number of aliphatic imine (C=N–C) groups is 1. The van der Waals surface area contributed by atoms with Gasteiger partial charge in [-0.1, -0.05) is 13.3 Å². The third-order valence-corrected chi connectivity index (χ3v) is 3.24. The van der Waals surface area contributed by atoms with Crippen molar-refractivity contribution in [3.63, 3.8) is 0 Å². The summed E-state index contributed by atoms with van der Waals surface area (Å²) < 4.78 is 0. The normalized spacial score (nSPS) is 23.5. The highest BCUT2D eigenvalue weighted by Crippen LogP contribution is 2.23. The number of nitrogens with zero attached hydrogens (tertiary/aromatic N) is 1. The van der Waals surface area contributed by atoms with E-state index in [4.69, 9.17) is 5.11 Å². The minimum atomic E-state index is -1.27. The number of aliphatic carboxylic acids is 1. The maximum absolute atomic E-state index is 11.0. The standard InChI is InChI=1S/C10H17N3O2S/c1-3-4-5-11-8-6-12-10(16-2,9(14)15)13-7-8/h6-7,11-12H,3-5H2,1-2H3,(H,14,15). The average molecular weight is 243 g/mol. The molecule has 0 saturated carbocycles. The molecule has 90 valence electrons. The fourth-order valence-corrected chi connectivity index (χ4v) is 1.74. The van der Waals surface area contributed by atoms with Crippen molar-refractivity contribution < 1.29 is 9.90 Å². The third-order valence-electron chi connectivity index (χ3n) is 2.25. The second kappa shape index (κ2) is 5.79. The van der Waals surface area contributed by atoms with Crippen LogP contribution in [0.1, 0.15) is 19.8 Å². The molecule has 1 heterocycles. The van der Waals surface area contributed by atoms with E-state index in [1.54, 1.807) is 18.7 Å². The fourth-order valence-electron chi connectivity index (χ4n) is 1.23. The van der Waals surface area contributed by atoms with Crippen LogP contribution in [0.3, 0.4) is 0 Å². The van der Waals surface area contributed by atoms with Crippen LogP contribution >= 0.6 is 11.8 Å². The van der Waals surface area contributed by atoms with E-state index < -0.39 is 11.0 Å². The lowest BCUT2D eigenvalue weighted by Gasteiger charge is -2.26. The Morgan fingerprint density at radius 3 is 2.94 bits per heavy atom. The topological polar surface area (TPSA) is 73.7 Å². The lowest BCUT2D eigenvalue weighted by molar-refractivity contribution is -0.140. The van der Waals surface area contributed by atoms with Crippen LogP contribution in [0.15, 0.2) is 16.9 Å². The molecule has 1 atom stereocenters. The van der Waals surface area contributed by atoms with Crippen molar-refractivity contribution in [2.75, 3.05) is 12.8 Å². The Kier molecular flexibility index (Phi) is 4.67. The van der Waals surface area contributed by atoms with Crippen LogP contribution in [-0.2, 0) is 4.79 Å². The SMILES string of the molecule is CCCCNC1=CNC(SC)(C(=O)O)N=C1. The first-order chi connectivity index (χ1) is 7.64. The molecular weight excluding hydrogens is 226 g/mol. The van der Waals surface area contributed by atoms with Gasteiger partial charge in [0.2, 0.25) is 0 Å². The molecule has 0 fully saturated rings. The average Bonchev–Trinajstić information content (AvgIpc) is 2.30. The Balaban J connectivity index is 2.54. The minimum absolute atomic E-state index is 0.819. The van der Waals surface area contributed by atoms with E-state index >= 15 is 0 Å². The molecule has 1 aliphatic heterocycles. The van der Waals surface area contributed by atoms with Gasteiger partial charge >= 0.3 is 5.97 Å². The molecule has 0 spiro atoms. The Morgan fingerprint density at radius 2 is 2.50 bits per heavy atom. The summed E-state index contributed by atoms with van der Waals surface area (Å²) in [5.41, 5.74) is 0.819. The number of thioether (sulfide) groups is 1. The molecule has 0 saturated heterocycles. The van der Waals surface area contributed by atoms with E-state index in [0.29, 0.717) is 0 Å². The molecule has 0 bridgehead atoms. The van der Waals surface area contributed by atoms with Crippen molar-refractivity contribution in [2.24, 2.45) is 4.99 Å². The van der Waals surface area contributed by atoms with Gasteiger partial charge in [0.1, 0.15) is 0 Å². The molecule has 0 aromatic heterocycles. The molecule has 3 N–H and O–H groups in total. The van der Waals surface area contributed by atoms with Crippen LogP contribution in [0, 0.1) is 0 Å². The summed E-state index contributed by atoms with van der Waals surface area (Å²) in [6.45, 7) is 2.99. The Bertz CT molecular complexity index is 317. The van der Waals surface area contributed by atoms with Crippen molar-refractivity contribution in [1.29, 1.82) is 0 Å². The first-order valence-electron chi connectivity index (χ1n) is 5.20. The predicted molar refractivity (Wildman–Crippen MR) is 66.5 cm³/mol. The molecule has 0 amide bonds. The number of carboxylic acid groups (broad SMARTS) is 1. The lowest BCUT2D eigenvalue weighted by atomic mass is 10.3. The van der Waals surface area contributed by atoms with E-state index in [2.05, 4.69) is 22.5 Å². The van der Waals surface area contributed by atoms with Crippen LogP contribution < -0.4 is 10.6 Å². The molecular formula is C10H17N3O2S. The first kappa shape index (κ1) is 12.9. The molecule has 5 nitrogen and oxygen atoms in total. The smallest absolute Gasteiger partial charge is 0.363 e. The number of rotatable bonds is 6. The highest BCUT2D eigenvalue weighted by Gasteiger charge is 2.37. The van der Waals surface area contributed by atoms with Gasteiger partial charge < -0.3 is 15.7 Å². The summed E-state index contributed by atoms with van der Waals surface area (Å²) in [6.07, 6.45) is 7.14. The molecule has 0 aromatic rings. The molecule has 1 aliphatic rings. The van der Waals surface area contributed by atoms with Gasteiger partial charge in [-0.15, -0.1) is 11.8 Å². The number of allylic oxidation sites excluding steroid dienone is 1. The quantitative estimate of drug-likeness (QED) is 0.607. The van der Waals surface area contributed by atoms with E-state index in [-0.39, 0.29) is 0 Å². The molecule has 16 heavy (non-hydrogen) atoms. The Morgan fingerprint density at radius 1 is 1.75 bits per heavy atom. The monoisotopic (exact) mass is 243 g/mol. The molecule has 6 heteroatoms. The van der Waals surface area contributed by atoms with E-state index in [9.17, 15) is 4.79 Å².